The van der Waals surface area contributed by atoms with E-state index in [1.807, 2.05) is 30.3 Å². The van der Waals surface area contributed by atoms with Gasteiger partial charge in [-0.25, -0.2) is 9.78 Å². The predicted molar refractivity (Wildman–Crippen MR) is 80.9 cm³/mol. The average molecular weight is 283 g/mol. The number of nitrogens with zero attached hydrogens (tertiary/aromatic N) is 1. The molecule has 1 heterocycles. The minimum absolute atomic E-state index is 0.0463. The van der Waals surface area contributed by atoms with Crippen LogP contribution in [0.15, 0.2) is 54.6 Å². The number of rotatable bonds is 5. The highest BCUT2D eigenvalue weighted by atomic mass is 16.5. The van der Waals surface area contributed by atoms with Crippen molar-refractivity contribution in [3.8, 4) is 0 Å². The largest absolute Gasteiger partial charge is 0.506 e. The van der Waals surface area contributed by atoms with Gasteiger partial charge in [-0.3, -0.25) is 0 Å². The number of allylic oxidation sites excluding steroid dienone is 1. The van der Waals surface area contributed by atoms with Crippen molar-refractivity contribution in [2.45, 2.75) is 13.3 Å². The number of esters is 1. The molecule has 0 radical (unpaired) electrons. The lowest BCUT2D eigenvalue weighted by molar-refractivity contribution is 0.0519. The van der Waals surface area contributed by atoms with Gasteiger partial charge in [0.2, 0.25) is 0 Å². The fourth-order valence-electron chi connectivity index (χ4n) is 1.83. The average Bonchev–Trinajstić information content (AvgIpc) is 2.54. The van der Waals surface area contributed by atoms with Gasteiger partial charge < -0.3 is 9.84 Å². The van der Waals surface area contributed by atoms with Crippen LogP contribution in [0.5, 0.6) is 0 Å². The molecule has 2 rings (SSSR count). The highest BCUT2D eigenvalue weighted by Gasteiger charge is 2.10. The summed E-state index contributed by atoms with van der Waals surface area (Å²) in [5, 5.41) is 10.1. The standard InChI is InChI=1S/C17H17NO3/c1-2-21-17(20)15-10-6-9-14(18-15)16(19)12-11-13-7-4-3-5-8-13/h3-10,12,19H,2,11H2,1H3/b16-12-. The molecule has 21 heavy (non-hydrogen) atoms. The van der Waals surface area contributed by atoms with E-state index in [0.717, 1.165) is 5.56 Å². The van der Waals surface area contributed by atoms with Crippen molar-refractivity contribution in [2.75, 3.05) is 6.61 Å². The summed E-state index contributed by atoms with van der Waals surface area (Å²) in [6.45, 7) is 2.03. The Morgan fingerprint density at radius 3 is 2.57 bits per heavy atom. The summed E-state index contributed by atoms with van der Waals surface area (Å²) in [5.41, 5.74) is 1.64. The third-order valence-electron chi connectivity index (χ3n) is 2.87. The van der Waals surface area contributed by atoms with Crippen LogP contribution >= 0.6 is 0 Å². The molecule has 0 amide bonds. The van der Waals surface area contributed by atoms with Crippen LogP contribution in [-0.2, 0) is 11.2 Å². The summed E-state index contributed by atoms with van der Waals surface area (Å²) < 4.78 is 4.89. The van der Waals surface area contributed by atoms with Gasteiger partial charge in [0.25, 0.3) is 0 Å². The molecular formula is C17H17NO3. The van der Waals surface area contributed by atoms with Crippen LogP contribution in [0.4, 0.5) is 0 Å². The molecule has 1 N–H and O–H groups in total. The number of ether oxygens (including phenoxy) is 1. The summed E-state index contributed by atoms with van der Waals surface area (Å²) in [4.78, 5) is 15.7. The molecule has 2 aromatic rings. The lowest BCUT2D eigenvalue weighted by Crippen LogP contribution is -2.08. The molecule has 0 unspecified atom stereocenters. The Kier molecular flexibility index (Phi) is 5.10. The molecule has 4 nitrogen and oxygen atoms in total. The molecule has 0 atom stereocenters. The summed E-state index contributed by atoms with van der Waals surface area (Å²) in [5.74, 6) is -0.444. The van der Waals surface area contributed by atoms with Crippen LogP contribution in [0, 0.1) is 0 Å². The molecule has 108 valence electrons. The SMILES string of the molecule is CCOC(=O)c1cccc(/C(O)=C/Cc2ccccc2)n1. The van der Waals surface area contributed by atoms with E-state index >= 15 is 0 Å². The van der Waals surface area contributed by atoms with Crippen molar-refractivity contribution >= 4 is 11.7 Å². The van der Waals surface area contributed by atoms with Crippen molar-refractivity contribution in [3.05, 3.63) is 71.6 Å². The number of aliphatic hydroxyl groups is 1. The first-order valence-electron chi connectivity index (χ1n) is 6.78. The monoisotopic (exact) mass is 283 g/mol. The zero-order valence-corrected chi connectivity index (χ0v) is 11.8. The number of pyridine rings is 1. The van der Waals surface area contributed by atoms with Crippen LogP contribution in [0.3, 0.4) is 0 Å². The molecule has 1 aromatic carbocycles. The third-order valence-corrected chi connectivity index (χ3v) is 2.87. The number of carbonyl (C=O) groups excluding carboxylic acids is 1. The second kappa shape index (κ2) is 7.24. The van der Waals surface area contributed by atoms with Crippen molar-refractivity contribution in [3.63, 3.8) is 0 Å². The minimum atomic E-state index is -0.491. The molecule has 0 saturated heterocycles. The summed E-state index contributed by atoms with van der Waals surface area (Å²) in [6.07, 6.45) is 2.27. The van der Waals surface area contributed by atoms with E-state index in [0.29, 0.717) is 18.7 Å². The first-order valence-corrected chi connectivity index (χ1v) is 6.78. The molecular weight excluding hydrogens is 266 g/mol. The maximum absolute atomic E-state index is 11.6. The van der Waals surface area contributed by atoms with Gasteiger partial charge in [-0.1, -0.05) is 36.4 Å². The second-order valence-electron chi connectivity index (χ2n) is 4.41. The highest BCUT2D eigenvalue weighted by molar-refractivity contribution is 5.87. The van der Waals surface area contributed by atoms with Crippen LogP contribution in [0.25, 0.3) is 5.76 Å². The molecule has 0 aliphatic rings. The van der Waals surface area contributed by atoms with Crippen molar-refractivity contribution < 1.29 is 14.6 Å². The van der Waals surface area contributed by atoms with Gasteiger partial charge in [-0.2, -0.15) is 0 Å². The van der Waals surface area contributed by atoms with E-state index in [2.05, 4.69) is 4.98 Å². The van der Waals surface area contributed by atoms with E-state index < -0.39 is 5.97 Å². The second-order valence-corrected chi connectivity index (χ2v) is 4.41. The van der Waals surface area contributed by atoms with E-state index in [1.54, 1.807) is 31.2 Å². The van der Waals surface area contributed by atoms with E-state index in [1.165, 1.54) is 0 Å². The van der Waals surface area contributed by atoms with Gasteiger partial charge in [-0.15, -0.1) is 0 Å². The molecule has 0 saturated carbocycles. The number of hydrogen-bond acceptors (Lipinski definition) is 4. The maximum Gasteiger partial charge on any atom is 0.356 e. The molecule has 1 aromatic heterocycles. The Morgan fingerprint density at radius 2 is 1.86 bits per heavy atom. The van der Waals surface area contributed by atoms with Gasteiger partial charge in [-0.05, 0) is 37.1 Å². The number of benzene rings is 1. The Labute approximate surface area is 123 Å². The van der Waals surface area contributed by atoms with Crippen LogP contribution in [0.2, 0.25) is 0 Å². The van der Waals surface area contributed by atoms with Gasteiger partial charge in [0.15, 0.2) is 0 Å². The zero-order valence-electron chi connectivity index (χ0n) is 11.8. The van der Waals surface area contributed by atoms with Gasteiger partial charge in [0, 0.05) is 0 Å². The number of carbonyl (C=O) groups is 1. The van der Waals surface area contributed by atoms with Crippen molar-refractivity contribution in [1.29, 1.82) is 0 Å². The lowest BCUT2D eigenvalue weighted by Gasteiger charge is -2.04. The van der Waals surface area contributed by atoms with E-state index in [9.17, 15) is 9.90 Å². The van der Waals surface area contributed by atoms with E-state index in [-0.39, 0.29) is 11.5 Å². The Balaban J connectivity index is 2.13. The Hall–Kier alpha value is -2.62. The smallest absolute Gasteiger partial charge is 0.356 e. The fraction of sp³-hybridized carbons (Fsp3) is 0.176. The number of aromatic nitrogens is 1. The molecule has 0 spiro atoms. The Morgan fingerprint density at radius 1 is 1.14 bits per heavy atom. The first-order chi connectivity index (χ1) is 10.2. The van der Waals surface area contributed by atoms with Gasteiger partial charge >= 0.3 is 5.97 Å². The lowest BCUT2D eigenvalue weighted by atomic mass is 10.1. The molecule has 0 aliphatic carbocycles. The predicted octanol–water partition coefficient (Wildman–Crippen LogP) is 3.40. The third kappa shape index (κ3) is 4.18. The van der Waals surface area contributed by atoms with Crippen LogP contribution < -0.4 is 0 Å². The molecule has 0 bridgehead atoms. The van der Waals surface area contributed by atoms with E-state index in [4.69, 9.17) is 4.74 Å². The van der Waals surface area contributed by atoms with Gasteiger partial charge in [0.1, 0.15) is 17.1 Å². The topological polar surface area (TPSA) is 59.4 Å². The number of aliphatic hydroxyl groups excluding tert-OH is 1. The highest BCUT2D eigenvalue weighted by Crippen LogP contribution is 2.12. The summed E-state index contributed by atoms with van der Waals surface area (Å²) >= 11 is 0. The van der Waals surface area contributed by atoms with Crippen LogP contribution in [-0.4, -0.2) is 22.7 Å². The quantitative estimate of drug-likeness (QED) is 0.675. The zero-order chi connectivity index (χ0) is 15.1. The van der Waals surface area contributed by atoms with Crippen molar-refractivity contribution in [2.24, 2.45) is 0 Å². The Bertz CT molecular complexity index is 635. The van der Waals surface area contributed by atoms with Crippen LogP contribution in [0.1, 0.15) is 28.7 Å². The van der Waals surface area contributed by atoms with Crippen molar-refractivity contribution in [1.82, 2.24) is 4.98 Å². The molecule has 0 aliphatic heterocycles. The van der Waals surface area contributed by atoms with Gasteiger partial charge in [0.05, 0.1) is 6.61 Å². The normalized spacial score (nSPS) is 11.2. The number of hydrogen-bond donors (Lipinski definition) is 1. The fourth-order valence-corrected chi connectivity index (χ4v) is 1.83. The summed E-state index contributed by atoms with van der Waals surface area (Å²) in [7, 11) is 0. The molecule has 4 heteroatoms. The molecule has 0 fully saturated rings. The maximum atomic E-state index is 11.6. The minimum Gasteiger partial charge on any atom is -0.506 e. The summed E-state index contributed by atoms with van der Waals surface area (Å²) in [6, 6.07) is 14.7. The first kappa shape index (κ1) is 14.8.